The lowest BCUT2D eigenvalue weighted by molar-refractivity contribution is 0.340. The molecule has 2 aromatic heterocycles. The smallest absolute Gasteiger partial charge is 0.251 e. The van der Waals surface area contributed by atoms with Gasteiger partial charge in [0.2, 0.25) is 11.7 Å². The van der Waals surface area contributed by atoms with Gasteiger partial charge in [-0.2, -0.15) is 4.98 Å². The Bertz CT molecular complexity index is 923. The van der Waals surface area contributed by atoms with E-state index in [0.717, 1.165) is 29.8 Å². The number of rotatable bonds is 8. The molecule has 0 unspecified atom stereocenters. The number of ether oxygens (including phenoxy) is 1. The molecule has 1 N–H and O–H groups in total. The molecule has 0 amide bonds. The number of aromatic amines is 1. The summed E-state index contributed by atoms with van der Waals surface area (Å²) in [6.45, 7) is 4.58. The van der Waals surface area contributed by atoms with Crippen molar-refractivity contribution in [3.05, 3.63) is 52.3 Å². The minimum absolute atomic E-state index is 0.148. The van der Waals surface area contributed by atoms with Gasteiger partial charge in [-0.05, 0) is 25.5 Å². The van der Waals surface area contributed by atoms with Crippen LogP contribution in [0.2, 0.25) is 0 Å². The molecule has 0 aliphatic heterocycles. The first-order chi connectivity index (χ1) is 12.7. The molecule has 0 saturated heterocycles. The minimum Gasteiger partial charge on any atom is -0.494 e. The molecule has 26 heavy (non-hydrogen) atoms. The Labute approximate surface area is 155 Å². The predicted octanol–water partition coefficient (Wildman–Crippen LogP) is 3.46. The number of hydrogen-bond acceptors (Lipinski definition) is 7. The minimum atomic E-state index is -0.148. The highest BCUT2D eigenvalue weighted by Crippen LogP contribution is 2.23. The first kappa shape index (κ1) is 18.2. The molecule has 0 aliphatic carbocycles. The monoisotopic (exact) mass is 372 g/mol. The first-order valence-corrected chi connectivity index (χ1v) is 9.45. The van der Waals surface area contributed by atoms with E-state index in [9.17, 15) is 4.79 Å². The van der Waals surface area contributed by atoms with Gasteiger partial charge in [0.25, 0.3) is 5.56 Å². The maximum atomic E-state index is 11.7. The standard InChI is InChI=1S/C18H20N4O3S/c1-3-6-13-10-15(23)20-18(19-13)26-11-16-21-17(22-25-16)12-7-5-8-14(9-12)24-4-2/h5,7-10H,3-4,6,11H2,1-2H3,(H,19,20,23). The second kappa shape index (κ2) is 8.66. The molecule has 0 atom stereocenters. The van der Waals surface area contributed by atoms with Crippen molar-refractivity contribution < 1.29 is 9.26 Å². The van der Waals surface area contributed by atoms with E-state index >= 15 is 0 Å². The second-order valence-electron chi connectivity index (χ2n) is 5.55. The van der Waals surface area contributed by atoms with E-state index in [0.29, 0.717) is 29.2 Å². The van der Waals surface area contributed by atoms with Crippen LogP contribution >= 0.6 is 11.8 Å². The normalized spacial score (nSPS) is 10.8. The van der Waals surface area contributed by atoms with E-state index in [-0.39, 0.29) is 5.56 Å². The van der Waals surface area contributed by atoms with Gasteiger partial charge in [-0.3, -0.25) is 4.79 Å². The van der Waals surface area contributed by atoms with Crippen molar-refractivity contribution in [2.75, 3.05) is 6.61 Å². The van der Waals surface area contributed by atoms with Gasteiger partial charge in [0.15, 0.2) is 5.16 Å². The van der Waals surface area contributed by atoms with E-state index < -0.39 is 0 Å². The van der Waals surface area contributed by atoms with Crippen molar-refractivity contribution in [3.8, 4) is 17.1 Å². The second-order valence-corrected chi connectivity index (χ2v) is 6.52. The molecule has 0 spiro atoms. The fraction of sp³-hybridized carbons (Fsp3) is 0.333. The van der Waals surface area contributed by atoms with Gasteiger partial charge in [-0.1, -0.05) is 42.4 Å². The van der Waals surface area contributed by atoms with Crippen LogP contribution in [0.3, 0.4) is 0 Å². The van der Waals surface area contributed by atoms with Crippen LogP contribution in [0.1, 0.15) is 31.9 Å². The summed E-state index contributed by atoms with van der Waals surface area (Å²) in [6.07, 6.45) is 1.72. The summed E-state index contributed by atoms with van der Waals surface area (Å²) in [5.41, 5.74) is 1.47. The molecule has 8 heteroatoms. The van der Waals surface area contributed by atoms with Crippen LogP contribution in [-0.4, -0.2) is 26.7 Å². The number of aromatic nitrogens is 4. The summed E-state index contributed by atoms with van der Waals surface area (Å²) in [7, 11) is 0. The lowest BCUT2D eigenvalue weighted by Crippen LogP contribution is -2.09. The zero-order valence-electron chi connectivity index (χ0n) is 14.7. The van der Waals surface area contributed by atoms with Crippen molar-refractivity contribution in [3.63, 3.8) is 0 Å². The molecule has 0 aliphatic rings. The number of nitrogens with zero attached hydrogens (tertiary/aromatic N) is 3. The maximum absolute atomic E-state index is 11.7. The predicted molar refractivity (Wildman–Crippen MR) is 99.3 cm³/mol. The Hall–Kier alpha value is -2.61. The van der Waals surface area contributed by atoms with Crippen LogP contribution < -0.4 is 10.3 Å². The summed E-state index contributed by atoms with van der Waals surface area (Å²) in [6, 6.07) is 9.08. The third kappa shape index (κ3) is 4.72. The van der Waals surface area contributed by atoms with Gasteiger partial charge in [0.05, 0.1) is 12.4 Å². The molecular weight excluding hydrogens is 352 g/mol. The number of aryl methyl sites for hydroxylation is 1. The molecule has 2 heterocycles. The fourth-order valence-electron chi connectivity index (χ4n) is 2.39. The molecular formula is C18H20N4O3S. The molecule has 1 aromatic carbocycles. The van der Waals surface area contributed by atoms with Crippen LogP contribution in [0.4, 0.5) is 0 Å². The topological polar surface area (TPSA) is 93.9 Å². The number of benzene rings is 1. The van der Waals surface area contributed by atoms with Crippen LogP contribution in [0, 0.1) is 0 Å². The molecule has 0 bridgehead atoms. The quantitative estimate of drug-likeness (QED) is 0.478. The number of thioether (sulfide) groups is 1. The highest BCUT2D eigenvalue weighted by atomic mass is 32.2. The summed E-state index contributed by atoms with van der Waals surface area (Å²) in [4.78, 5) is 23.3. The number of nitrogens with one attached hydrogen (secondary N) is 1. The highest BCUT2D eigenvalue weighted by molar-refractivity contribution is 7.98. The van der Waals surface area contributed by atoms with Crippen LogP contribution in [0.15, 0.2) is 44.8 Å². The summed E-state index contributed by atoms with van der Waals surface area (Å²) in [5.74, 6) is 2.16. The molecule has 0 fully saturated rings. The molecule has 7 nitrogen and oxygen atoms in total. The third-order valence-electron chi connectivity index (χ3n) is 3.48. The first-order valence-electron chi connectivity index (χ1n) is 8.46. The van der Waals surface area contributed by atoms with Crippen molar-refractivity contribution in [2.45, 2.75) is 37.6 Å². The van der Waals surface area contributed by atoms with Crippen molar-refractivity contribution >= 4 is 11.8 Å². The van der Waals surface area contributed by atoms with Gasteiger partial charge in [0.1, 0.15) is 5.75 Å². The Morgan fingerprint density at radius 3 is 2.92 bits per heavy atom. The summed E-state index contributed by atoms with van der Waals surface area (Å²) < 4.78 is 10.8. The third-order valence-corrected chi connectivity index (χ3v) is 4.34. The Balaban J connectivity index is 1.69. The van der Waals surface area contributed by atoms with Crippen molar-refractivity contribution in [1.29, 1.82) is 0 Å². The number of hydrogen-bond donors (Lipinski definition) is 1. The number of H-pyrrole nitrogens is 1. The zero-order valence-corrected chi connectivity index (χ0v) is 15.5. The van der Waals surface area contributed by atoms with E-state index in [1.807, 2.05) is 31.2 Å². The Morgan fingerprint density at radius 2 is 2.12 bits per heavy atom. The van der Waals surface area contributed by atoms with Crippen molar-refractivity contribution in [1.82, 2.24) is 20.1 Å². The summed E-state index contributed by atoms with van der Waals surface area (Å²) >= 11 is 1.36. The average Bonchev–Trinajstić information content (AvgIpc) is 3.09. The van der Waals surface area contributed by atoms with E-state index in [1.165, 1.54) is 17.8 Å². The molecule has 136 valence electrons. The van der Waals surface area contributed by atoms with Gasteiger partial charge in [-0.25, -0.2) is 4.98 Å². The van der Waals surface area contributed by atoms with Gasteiger partial charge in [0, 0.05) is 17.3 Å². The zero-order chi connectivity index (χ0) is 18.4. The van der Waals surface area contributed by atoms with Gasteiger partial charge in [-0.15, -0.1) is 0 Å². The Kier molecular flexibility index (Phi) is 6.06. The fourth-order valence-corrected chi connectivity index (χ4v) is 3.12. The largest absolute Gasteiger partial charge is 0.494 e. The van der Waals surface area contributed by atoms with Crippen LogP contribution in [0.25, 0.3) is 11.4 Å². The average molecular weight is 372 g/mol. The van der Waals surface area contributed by atoms with Crippen LogP contribution in [0.5, 0.6) is 5.75 Å². The SMILES string of the molecule is CCCc1cc(=O)[nH]c(SCc2nc(-c3cccc(OCC)c3)no2)n1. The molecule has 3 aromatic rings. The molecule has 0 radical (unpaired) electrons. The summed E-state index contributed by atoms with van der Waals surface area (Å²) in [5, 5.41) is 4.57. The van der Waals surface area contributed by atoms with E-state index in [2.05, 4.69) is 27.0 Å². The van der Waals surface area contributed by atoms with Crippen LogP contribution in [-0.2, 0) is 12.2 Å². The van der Waals surface area contributed by atoms with E-state index in [4.69, 9.17) is 9.26 Å². The lowest BCUT2D eigenvalue weighted by atomic mass is 10.2. The molecule has 0 saturated carbocycles. The maximum Gasteiger partial charge on any atom is 0.251 e. The van der Waals surface area contributed by atoms with Gasteiger partial charge < -0.3 is 14.2 Å². The van der Waals surface area contributed by atoms with Crippen molar-refractivity contribution in [2.24, 2.45) is 0 Å². The van der Waals surface area contributed by atoms with E-state index in [1.54, 1.807) is 0 Å². The highest BCUT2D eigenvalue weighted by Gasteiger charge is 2.11. The Morgan fingerprint density at radius 1 is 1.23 bits per heavy atom. The molecule has 3 rings (SSSR count). The lowest BCUT2D eigenvalue weighted by Gasteiger charge is -2.03. The van der Waals surface area contributed by atoms with Gasteiger partial charge >= 0.3 is 0 Å².